The van der Waals surface area contributed by atoms with E-state index in [4.69, 9.17) is 19.9 Å². The summed E-state index contributed by atoms with van der Waals surface area (Å²) in [5.74, 6) is 0.639. The Balaban J connectivity index is 0.000000153. The number of methoxy groups -OCH3 is 3. The number of hydrogen-bond acceptors (Lipinski definition) is 11. The maximum Gasteiger partial charge on any atom is 0.322 e. The summed E-state index contributed by atoms with van der Waals surface area (Å²) in [4.78, 5) is 86.5. The van der Waals surface area contributed by atoms with E-state index >= 15 is 0 Å². The fourth-order valence-electron chi connectivity index (χ4n) is 12.9. The second-order valence-corrected chi connectivity index (χ2v) is 22.9. The number of carbonyl (C=O) groups excluding carboxylic acids is 7. The highest BCUT2D eigenvalue weighted by molar-refractivity contribution is 6.08. The lowest BCUT2D eigenvalue weighted by molar-refractivity contribution is -0.126. The van der Waals surface area contributed by atoms with Gasteiger partial charge in [0, 0.05) is 41.9 Å². The van der Waals surface area contributed by atoms with Gasteiger partial charge in [-0.25, -0.2) is 9.59 Å². The third-order valence-electron chi connectivity index (χ3n) is 18.1. The van der Waals surface area contributed by atoms with Crippen molar-refractivity contribution in [2.75, 3.05) is 41.0 Å². The largest absolute Gasteiger partial charge is 0.496 e. The van der Waals surface area contributed by atoms with E-state index in [1.807, 2.05) is 72.8 Å². The second kappa shape index (κ2) is 26.7. The molecule has 18 nitrogen and oxygen atoms in total. The third-order valence-corrected chi connectivity index (χ3v) is 18.1. The summed E-state index contributed by atoms with van der Waals surface area (Å²) in [6.45, 7) is 1.47. The summed E-state index contributed by atoms with van der Waals surface area (Å²) in [6.07, 6.45) is 8.68. The summed E-state index contributed by atoms with van der Waals surface area (Å²) < 4.78 is 15.9. The molecule has 2 heterocycles. The molecular weight excluding hydrogens is 1080 g/mol. The Bertz CT molecular complexity index is 3180. The number of urea groups is 2. The summed E-state index contributed by atoms with van der Waals surface area (Å²) in [5.41, 5.74) is 8.78. The van der Waals surface area contributed by atoms with Crippen LogP contribution < -0.4 is 57.2 Å². The van der Waals surface area contributed by atoms with Gasteiger partial charge in [0.1, 0.15) is 28.3 Å². The number of benzene rings is 6. The predicted molar refractivity (Wildman–Crippen MR) is 323 cm³/mol. The zero-order valence-corrected chi connectivity index (χ0v) is 48.4. The number of amides is 9. The quantitative estimate of drug-likeness (QED) is 0.0454. The lowest BCUT2D eigenvalue weighted by Gasteiger charge is -2.44. The van der Waals surface area contributed by atoms with Crippen molar-refractivity contribution < 1.29 is 47.8 Å². The van der Waals surface area contributed by atoms with Gasteiger partial charge < -0.3 is 46.5 Å². The predicted octanol–water partition coefficient (Wildman–Crippen LogP) is 8.29. The molecule has 0 radical (unpaired) electrons. The zero-order valence-electron chi connectivity index (χ0n) is 48.4. The summed E-state index contributed by atoms with van der Waals surface area (Å²) >= 11 is 0. The molecule has 11 rings (SSSR count). The van der Waals surface area contributed by atoms with Gasteiger partial charge in [0.15, 0.2) is 0 Å². The molecule has 2 aliphatic heterocycles. The molecule has 18 heteroatoms. The highest BCUT2D eigenvalue weighted by Gasteiger charge is 2.53. The first kappa shape index (κ1) is 60.6. The van der Waals surface area contributed by atoms with Crippen molar-refractivity contribution in [3.8, 4) is 17.2 Å². The lowest BCUT2D eigenvalue weighted by atomic mass is 9.64. The van der Waals surface area contributed by atoms with Crippen molar-refractivity contribution in [1.29, 1.82) is 0 Å². The normalized spacial score (nSPS) is 24.8. The third kappa shape index (κ3) is 13.5. The van der Waals surface area contributed by atoms with Gasteiger partial charge in [0.05, 0.1) is 38.0 Å². The van der Waals surface area contributed by atoms with Crippen LogP contribution in [0.4, 0.5) is 9.59 Å². The van der Waals surface area contributed by atoms with Crippen LogP contribution >= 0.6 is 0 Å². The Kier molecular flexibility index (Phi) is 19.0. The van der Waals surface area contributed by atoms with Crippen LogP contribution in [0.5, 0.6) is 17.2 Å². The molecule has 0 bridgehead atoms. The van der Waals surface area contributed by atoms with Gasteiger partial charge in [-0.1, -0.05) is 127 Å². The number of para-hydroxylation sites is 3. The van der Waals surface area contributed by atoms with E-state index in [1.165, 1.54) is 5.56 Å². The fraction of sp³-hybridized carbons (Fsp3) is 0.358. The summed E-state index contributed by atoms with van der Waals surface area (Å²) in [6, 6.07) is 51.5. The van der Waals surface area contributed by atoms with Crippen molar-refractivity contribution in [3.63, 3.8) is 0 Å². The SMILES string of the molecule is COc1ccccc1C(=O)NCC1(c2ccccc2)CCC(N)CC1.COc1ccccc1C(=O)NCC1(c2ccccc2)CCC2(CC1)NC(=O)NC2=O.COc1ccccc1C(=O)NCC1(c2ccccc2)CCC2(CC1)NC(=O)NC2=O. The molecule has 5 fully saturated rings. The van der Waals surface area contributed by atoms with Gasteiger partial charge in [0.25, 0.3) is 29.5 Å². The number of carbonyl (C=O) groups is 7. The van der Waals surface area contributed by atoms with E-state index in [2.05, 4.69) is 85.7 Å². The Hall–Kier alpha value is -9.03. The summed E-state index contributed by atoms with van der Waals surface area (Å²) in [5, 5.41) is 19.6. The Morgan fingerprint density at radius 2 is 0.682 bits per heavy atom. The topological polar surface area (TPSA) is 257 Å². The van der Waals surface area contributed by atoms with Crippen molar-refractivity contribution in [3.05, 3.63) is 197 Å². The van der Waals surface area contributed by atoms with Crippen LogP contribution in [-0.2, 0) is 25.8 Å². The number of nitrogens with one attached hydrogen (secondary N) is 7. The molecule has 3 aliphatic carbocycles. The highest BCUT2D eigenvalue weighted by Crippen LogP contribution is 2.46. The lowest BCUT2D eigenvalue weighted by Crippen LogP contribution is -2.54. The first-order chi connectivity index (χ1) is 41.1. The Morgan fingerprint density at radius 3 is 0.953 bits per heavy atom. The van der Waals surface area contributed by atoms with Gasteiger partial charge in [0.2, 0.25) is 0 Å². The molecule has 9 amide bonds. The van der Waals surface area contributed by atoms with E-state index < -0.39 is 23.1 Å². The van der Waals surface area contributed by atoms with Crippen LogP contribution in [0, 0.1) is 0 Å². The van der Waals surface area contributed by atoms with E-state index in [0.29, 0.717) is 105 Å². The molecule has 0 aromatic heterocycles. The average Bonchev–Trinajstić information content (AvgIpc) is 2.39. The van der Waals surface area contributed by atoms with Crippen molar-refractivity contribution >= 4 is 41.6 Å². The molecule has 2 spiro atoms. The molecule has 85 heavy (non-hydrogen) atoms. The van der Waals surface area contributed by atoms with E-state index in [0.717, 1.165) is 36.8 Å². The van der Waals surface area contributed by atoms with Crippen LogP contribution in [-0.4, -0.2) is 99.7 Å². The fourth-order valence-corrected chi connectivity index (χ4v) is 12.9. The smallest absolute Gasteiger partial charge is 0.322 e. The molecule has 3 saturated carbocycles. The minimum atomic E-state index is -0.845. The van der Waals surface area contributed by atoms with Gasteiger partial charge in [-0.2, -0.15) is 0 Å². The Labute approximate surface area is 496 Å². The molecule has 2 saturated heterocycles. The molecule has 9 N–H and O–H groups in total. The molecule has 6 aromatic rings. The molecule has 0 atom stereocenters. The van der Waals surface area contributed by atoms with E-state index in [9.17, 15) is 33.6 Å². The zero-order chi connectivity index (χ0) is 60.1. The van der Waals surface area contributed by atoms with Gasteiger partial charge in [-0.15, -0.1) is 0 Å². The maximum absolute atomic E-state index is 12.9. The van der Waals surface area contributed by atoms with E-state index in [-0.39, 0.29) is 51.8 Å². The van der Waals surface area contributed by atoms with E-state index in [1.54, 1.807) is 63.8 Å². The maximum atomic E-state index is 12.9. The minimum Gasteiger partial charge on any atom is -0.496 e. The summed E-state index contributed by atoms with van der Waals surface area (Å²) in [7, 11) is 4.66. The van der Waals surface area contributed by atoms with Crippen LogP contribution in [0.3, 0.4) is 0 Å². The second-order valence-electron chi connectivity index (χ2n) is 22.9. The molecule has 444 valence electrons. The minimum absolute atomic E-state index is 0.0468. The Morgan fingerprint density at radius 1 is 0.412 bits per heavy atom. The first-order valence-corrected chi connectivity index (χ1v) is 29.0. The molecule has 6 aromatic carbocycles. The van der Waals surface area contributed by atoms with Crippen molar-refractivity contribution in [2.24, 2.45) is 5.73 Å². The number of rotatable bonds is 15. The van der Waals surface area contributed by atoms with Crippen molar-refractivity contribution in [1.82, 2.24) is 37.2 Å². The standard InChI is InChI=1S/2C23H25N3O4.C21H26N2O2/c2*1-30-18-10-6-5-9-17(18)19(27)24-15-22(16-7-3-2-4-8-16)11-13-23(14-12-22)20(28)25-21(29)26-23;1-25-19-10-6-5-9-18(19)20(24)23-15-21(13-11-17(22)12-14-21)16-7-3-2-4-8-16/h2*2-10H,11-15H2,1H3,(H,24,27)(H2,25,26,28,29);2-10,17H,11-15,22H2,1H3,(H,23,24). The van der Waals surface area contributed by atoms with Crippen LogP contribution in [0.1, 0.15) is 125 Å². The van der Waals surface area contributed by atoms with Crippen LogP contribution in [0.15, 0.2) is 164 Å². The average molecular weight is 1150 g/mol. The number of hydrogen-bond donors (Lipinski definition) is 8. The van der Waals surface area contributed by atoms with Gasteiger partial charge in [-0.3, -0.25) is 34.6 Å². The molecule has 0 unspecified atom stereocenters. The first-order valence-electron chi connectivity index (χ1n) is 29.0. The number of imide groups is 2. The van der Waals surface area contributed by atoms with Crippen LogP contribution in [0.25, 0.3) is 0 Å². The number of nitrogens with two attached hydrogens (primary N) is 1. The highest BCUT2D eigenvalue weighted by atomic mass is 16.5. The number of ether oxygens (including phenoxy) is 3. The molecule has 5 aliphatic rings. The van der Waals surface area contributed by atoms with Gasteiger partial charge >= 0.3 is 12.1 Å². The monoisotopic (exact) mass is 1150 g/mol. The van der Waals surface area contributed by atoms with Crippen molar-refractivity contribution in [2.45, 2.75) is 110 Å². The van der Waals surface area contributed by atoms with Gasteiger partial charge in [-0.05, 0) is 130 Å². The van der Waals surface area contributed by atoms with Crippen LogP contribution in [0.2, 0.25) is 0 Å². The molecular formula is C67H76N8O10.